The first-order chi connectivity index (χ1) is 13.7. The van der Waals surface area contributed by atoms with Gasteiger partial charge in [-0.05, 0) is 38.8 Å². The van der Waals surface area contributed by atoms with Gasteiger partial charge in [0.25, 0.3) is 5.91 Å². The van der Waals surface area contributed by atoms with Gasteiger partial charge < -0.3 is 15.4 Å². The van der Waals surface area contributed by atoms with Crippen molar-refractivity contribution in [1.29, 1.82) is 0 Å². The standard InChI is InChI=1S/C19H21ClFN5O3/c1-10(2)26-16(22)11(8-23-26)17(27)25-7-3-6-19(9-25)14-13(24-18(28)29-19)5-4-12(20)15(14)21/h4-5,8,10H,3,6-7,9,22H2,1-2H3,(H,24,28)/t19-/m0/s1. The molecule has 8 nitrogen and oxygen atoms in total. The van der Waals surface area contributed by atoms with Crippen LogP contribution in [0.3, 0.4) is 0 Å². The Bertz CT molecular complexity index is 1010. The summed E-state index contributed by atoms with van der Waals surface area (Å²) in [4.78, 5) is 26.8. The SMILES string of the molecule is CC(C)n1ncc(C(=O)N2CCC[C@@]3(C2)OC(=O)Nc2ccc(Cl)c(F)c23)c1N. The van der Waals surface area contributed by atoms with E-state index in [0.717, 1.165) is 0 Å². The number of anilines is 2. The Balaban J connectivity index is 1.71. The molecule has 2 amide bonds. The van der Waals surface area contributed by atoms with Crippen molar-refractivity contribution in [3.63, 3.8) is 0 Å². The number of nitrogens with one attached hydrogen (secondary N) is 1. The van der Waals surface area contributed by atoms with Crippen molar-refractivity contribution < 1.29 is 18.7 Å². The highest BCUT2D eigenvalue weighted by molar-refractivity contribution is 6.31. The number of nitrogen functional groups attached to an aromatic ring is 1. The van der Waals surface area contributed by atoms with Gasteiger partial charge in [0.1, 0.15) is 11.4 Å². The number of ether oxygens (including phenoxy) is 1. The largest absolute Gasteiger partial charge is 0.436 e. The molecule has 2 aromatic rings. The third-order valence-corrected chi connectivity index (χ3v) is 5.66. The number of rotatable bonds is 2. The molecule has 1 aromatic heterocycles. The lowest BCUT2D eigenvalue weighted by Gasteiger charge is -2.45. The number of likely N-dealkylation sites (tertiary alicyclic amines) is 1. The fourth-order valence-corrected chi connectivity index (χ4v) is 4.22. The Hall–Kier alpha value is -2.81. The summed E-state index contributed by atoms with van der Waals surface area (Å²) >= 11 is 5.98. The minimum Gasteiger partial charge on any atom is -0.436 e. The number of aromatic nitrogens is 2. The highest BCUT2D eigenvalue weighted by Crippen LogP contribution is 2.45. The summed E-state index contributed by atoms with van der Waals surface area (Å²) in [6.45, 7) is 4.24. The molecule has 1 saturated heterocycles. The van der Waals surface area contributed by atoms with E-state index in [1.165, 1.54) is 23.2 Å². The Kier molecular flexibility index (Phi) is 4.65. The first-order valence-corrected chi connectivity index (χ1v) is 9.72. The number of hydrogen-bond acceptors (Lipinski definition) is 5. The molecule has 3 heterocycles. The summed E-state index contributed by atoms with van der Waals surface area (Å²) in [5, 5.41) is 6.61. The number of nitrogens with two attached hydrogens (primary N) is 1. The molecule has 10 heteroatoms. The highest BCUT2D eigenvalue weighted by atomic mass is 35.5. The number of piperidine rings is 1. The molecule has 4 rings (SSSR count). The van der Waals surface area contributed by atoms with Gasteiger partial charge >= 0.3 is 6.09 Å². The summed E-state index contributed by atoms with van der Waals surface area (Å²) in [5.74, 6) is -0.737. The smallest absolute Gasteiger partial charge is 0.412 e. The van der Waals surface area contributed by atoms with Gasteiger partial charge in [-0.25, -0.2) is 13.9 Å². The van der Waals surface area contributed by atoms with Crippen LogP contribution in [0.15, 0.2) is 18.3 Å². The summed E-state index contributed by atoms with van der Waals surface area (Å²) in [6, 6.07) is 2.91. The van der Waals surface area contributed by atoms with Gasteiger partial charge in [-0.1, -0.05) is 11.6 Å². The van der Waals surface area contributed by atoms with E-state index in [4.69, 9.17) is 22.1 Å². The zero-order chi connectivity index (χ0) is 20.9. The third-order valence-electron chi connectivity index (χ3n) is 5.37. The first kappa shape index (κ1) is 19.5. The lowest BCUT2D eigenvalue weighted by Crippen LogP contribution is -2.53. The quantitative estimate of drug-likeness (QED) is 0.772. The normalized spacial score (nSPS) is 21.1. The van der Waals surface area contributed by atoms with Gasteiger partial charge in [0.15, 0.2) is 11.4 Å². The molecule has 0 bridgehead atoms. The van der Waals surface area contributed by atoms with Crippen LogP contribution in [0.4, 0.5) is 20.7 Å². The van der Waals surface area contributed by atoms with E-state index >= 15 is 0 Å². The number of amides is 2. The Morgan fingerprint density at radius 2 is 2.21 bits per heavy atom. The van der Waals surface area contributed by atoms with Crippen LogP contribution in [0.25, 0.3) is 0 Å². The van der Waals surface area contributed by atoms with Crippen LogP contribution in [0, 0.1) is 5.82 Å². The molecule has 1 aromatic carbocycles. The highest BCUT2D eigenvalue weighted by Gasteiger charge is 2.48. The minimum absolute atomic E-state index is 0.00210. The van der Waals surface area contributed by atoms with Crippen molar-refractivity contribution in [1.82, 2.24) is 14.7 Å². The van der Waals surface area contributed by atoms with E-state index in [1.807, 2.05) is 13.8 Å². The van der Waals surface area contributed by atoms with Crippen LogP contribution in [0.1, 0.15) is 48.7 Å². The molecule has 1 spiro atoms. The number of nitrogens with zero attached hydrogens (tertiary/aromatic N) is 3. The lowest BCUT2D eigenvalue weighted by molar-refractivity contribution is -0.0418. The van der Waals surface area contributed by atoms with Crippen molar-refractivity contribution in [2.24, 2.45) is 0 Å². The van der Waals surface area contributed by atoms with E-state index in [2.05, 4.69) is 10.4 Å². The number of carbonyl (C=O) groups excluding carboxylic acids is 2. The molecule has 0 radical (unpaired) electrons. The average Bonchev–Trinajstić information content (AvgIpc) is 3.05. The third kappa shape index (κ3) is 3.09. The summed E-state index contributed by atoms with van der Waals surface area (Å²) in [6.07, 6.45) is 1.62. The maximum atomic E-state index is 14.9. The molecule has 29 heavy (non-hydrogen) atoms. The van der Waals surface area contributed by atoms with Gasteiger partial charge in [0, 0.05) is 12.6 Å². The van der Waals surface area contributed by atoms with Crippen molar-refractivity contribution in [2.75, 3.05) is 24.1 Å². The summed E-state index contributed by atoms with van der Waals surface area (Å²) < 4.78 is 22.1. The molecule has 0 saturated carbocycles. The Morgan fingerprint density at radius 1 is 1.45 bits per heavy atom. The van der Waals surface area contributed by atoms with Crippen LogP contribution in [0.5, 0.6) is 0 Å². The maximum Gasteiger partial charge on any atom is 0.412 e. The van der Waals surface area contributed by atoms with Crippen LogP contribution in [-0.4, -0.2) is 39.8 Å². The molecule has 0 aliphatic carbocycles. The van der Waals surface area contributed by atoms with Crippen LogP contribution >= 0.6 is 11.6 Å². The van der Waals surface area contributed by atoms with Gasteiger partial charge in [0.2, 0.25) is 0 Å². The zero-order valence-electron chi connectivity index (χ0n) is 16.0. The van der Waals surface area contributed by atoms with Crippen LogP contribution in [-0.2, 0) is 10.3 Å². The molecule has 2 aliphatic rings. The topological polar surface area (TPSA) is 102 Å². The van der Waals surface area contributed by atoms with Gasteiger partial charge in [-0.2, -0.15) is 5.10 Å². The number of benzene rings is 1. The molecule has 0 unspecified atom stereocenters. The molecule has 3 N–H and O–H groups in total. The number of carbonyl (C=O) groups is 2. The fraction of sp³-hybridized carbons (Fsp3) is 0.421. The second kappa shape index (κ2) is 6.91. The number of fused-ring (bicyclic) bond motifs is 2. The zero-order valence-corrected chi connectivity index (χ0v) is 16.8. The first-order valence-electron chi connectivity index (χ1n) is 9.34. The minimum atomic E-state index is -1.32. The molecular weight excluding hydrogens is 401 g/mol. The molecular formula is C19H21ClFN5O3. The number of halogens is 2. The van der Waals surface area contributed by atoms with Gasteiger partial charge in [-0.15, -0.1) is 0 Å². The van der Waals surface area contributed by atoms with Crippen molar-refractivity contribution >= 4 is 35.1 Å². The van der Waals surface area contributed by atoms with E-state index in [0.29, 0.717) is 25.1 Å². The summed E-state index contributed by atoms with van der Waals surface area (Å²) in [7, 11) is 0. The molecule has 1 fully saturated rings. The molecule has 2 aliphatic heterocycles. The van der Waals surface area contributed by atoms with Gasteiger partial charge in [0.05, 0.1) is 29.0 Å². The lowest BCUT2D eigenvalue weighted by atomic mass is 9.83. The van der Waals surface area contributed by atoms with Crippen molar-refractivity contribution in [3.05, 3.63) is 40.3 Å². The predicted molar refractivity (Wildman–Crippen MR) is 105 cm³/mol. The number of hydrogen-bond donors (Lipinski definition) is 2. The predicted octanol–water partition coefficient (Wildman–Crippen LogP) is 3.53. The molecule has 1 atom stereocenters. The van der Waals surface area contributed by atoms with Crippen molar-refractivity contribution in [2.45, 2.75) is 38.3 Å². The van der Waals surface area contributed by atoms with E-state index in [-0.39, 0.29) is 40.5 Å². The fourth-order valence-electron chi connectivity index (χ4n) is 4.07. The maximum absolute atomic E-state index is 14.9. The Labute approximate surface area is 171 Å². The average molecular weight is 422 g/mol. The second-order valence-electron chi connectivity index (χ2n) is 7.60. The van der Waals surface area contributed by atoms with Gasteiger partial charge in [-0.3, -0.25) is 10.1 Å². The molecule has 154 valence electrons. The Morgan fingerprint density at radius 3 is 2.90 bits per heavy atom. The second-order valence-corrected chi connectivity index (χ2v) is 8.01. The van der Waals surface area contributed by atoms with Crippen molar-refractivity contribution in [3.8, 4) is 0 Å². The monoisotopic (exact) mass is 421 g/mol. The van der Waals surface area contributed by atoms with Crippen LogP contribution < -0.4 is 11.1 Å². The van der Waals surface area contributed by atoms with E-state index in [9.17, 15) is 14.0 Å². The summed E-state index contributed by atoms with van der Waals surface area (Å²) in [5.41, 5.74) is 5.51. The van der Waals surface area contributed by atoms with E-state index in [1.54, 1.807) is 4.68 Å². The van der Waals surface area contributed by atoms with E-state index < -0.39 is 17.5 Å². The van der Waals surface area contributed by atoms with Crippen LogP contribution in [0.2, 0.25) is 5.02 Å².